The van der Waals surface area contributed by atoms with Crippen LogP contribution in [0, 0.1) is 0 Å². The molecular formula is C10H13N5O. The van der Waals surface area contributed by atoms with E-state index in [1.165, 1.54) is 0 Å². The Hall–Kier alpha value is -1.95. The zero-order valence-electron chi connectivity index (χ0n) is 8.92. The number of rotatable bonds is 4. The second-order valence-corrected chi connectivity index (χ2v) is 3.44. The molecule has 0 aliphatic rings. The summed E-state index contributed by atoms with van der Waals surface area (Å²) in [5, 5.41) is 10.7. The van der Waals surface area contributed by atoms with Crippen molar-refractivity contribution in [2.24, 2.45) is 5.73 Å². The minimum atomic E-state index is -0.246. The van der Waals surface area contributed by atoms with Crippen LogP contribution in [-0.2, 0) is 6.54 Å². The lowest BCUT2D eigenvalue weighted by Gasteiger charge is -2.00. The monoisotopic (exact) mass is 219 g/mol. The van der Waals surface area contributed by atoms with E-state index in [4.69, 9.17) is 10.2 Å². The van der Waals surface area contributed by atoms with E-state index in [-0.39, 0.29) is 6.04 Å². The van der Waals surface area contributed by atoms with Gasteiger partial charge in [-0.05, 0) is 24.6 Å². The number of nitrogens with two attached hydrogens (primary N) is 1. The summed E-state index contributed by atoms with van der Waals surface area (Å²) in [6, 6.07) is 3.96. The van der Waals surface area contributed by atoms with Crippen molar-refractivity contribution in [2.75, 3.05) is 5.32 Å². The maximum atomic E-state index is 5.60. The van der Waals surface area contributed by atoms with E-state index in [0.717, 1.165) is 5.56 Å². The molecule has 2 aromatic heterocycles. The molecule has 0 radical (unpaired) electrons. The highest BCUT2D eigenvalue weighted by molar-refractivity contribution is 5.22. The second kappa shape index (κ2) is 4.71. The van der Waals surface area contributed by atoms with E-state index in [0.29, 0.717) is 18.5 Å². The van der Waals surface area contributed by atoms with Gasteiger partial charge in [0.25, 0.3) is 0 Å². The van der Waals surface area contributed by atoms with Gasteiger partial charge in [0.1, 0.15) is 0 Å². The van der Waals surface area contributed by atoms with Crippen LogP contribution in [0.3, 0.4) is 0 Å². The standard InChI is InChI=1S/C10H13N5O/c1-7(11)9-14-15-10(16-9)13-6-8-2-4-12-5-3-8/h2-5,7H,6,11H2,1H3,(H,13,15). The highest BCUT2D eigenvalue weighted by atomic mass is 16.4. The van der Waals surface area contributed by atoms with Gasteiger partial charge in [-0.2, -0.15) is 0 Å². The average molecular weight is 219 g/mol. The number of nitrogens with one attached hydrogen (secondary N) is 1. The lowest BCUT2D eigenvalue weighted by molar-refractivity contribution is 0.472. The first-order valence-corrected chi connectivity index (χ1v) is 4.97. The molecule has 0 aliphatic heterocycles. The Kier molecular flexibility index (Phi) is 3.11. The van der Waals surface area contributed by atoms with E-state index in [9.17, 15) is 0 Å². The molecule has 1 unspecified atom stereocenters. The third kappa shape index (κ3) is 2.54. The zero-order valence-corrected chi connectivity index (χ0v) is 8.92. The number of anilines is 1. The highest BCUT2D eigenvalue weighted by Gasteiger charge is 2.08. The highest BCUT2D eigenvalue weighted by Crippen LogP contribution is 2.11. The average Bonchev–Trinajstić information content (AvgIpc) is 2.76. The molecule has 16 heavy (non-hydrogen) atoms. The Morgan fingerprint density at radius 3 is 2.75 bits per heavy atom. The predicted octanol–water partition coefficient (Wildman–Crippen LogP) is 1.10. The Labute approximate surface area is 92.9 Å². The molecule has 1 atom stereocenters. The third-order valence-corrected chi connectivity index (χ3v) is 2.02. The first-order valence-electron chi connectivity index (χ1n) is 4.97. The molecular weight excluding hydrogens is 206 g/mol. The van der Waals surface area contributed by atoms with Crippen molar-refractivity contribution in [2.45, 2.75) is 19.5 Å². The van der Waals surface area contributed by atoms with Gasteiger partial charge in [0.2, 0.25) is 5.89 Å². The fourth-order valence-corrected chi connectivity index (χ4v) is 1.17. The van der Waals surface area contributed by atoms with Crippen LogP contribution in [0.25, 0.3) is 0 Å². The largest absolute Gasteiger partial charge is 0.406 e. The van der Waals surface area contributed by atoms with Crippen LogP contribution in [0.5, 0.6) is 0 Å². The fraction of sp³-hybridized carbons (Fsp3) is 0.300. The maximum absolute atomic E-state index is 5.60. The van der Waals surface area contributed by atoms with Gasteiger partial charge in [0, 0.05) is 18.9 Å². The lowest BCUT2D eigenvalue weighted by Crippen LogP contribution is -2.04. The quantitative estimate of drug-likeness (QED) is 0.800. The topological polar surface area (TPSA) is 89.9 Å². The van der Waals surface area contributed by atoms with Crippen molar-refractivity contribution < 1.29 is 4.42 Å². The first-order chi connectivity index (χ1) is 7.75. The lowest BCUT2D eigenvalue weighted by atomic mass is 10.3. The third-order valence-electron chi connectivity index (χ3n) is 2.02. The molecule has 2 rings (SSSR count). The first kappa shape index (κ1) is 10.6. The van der Waals surface area contributed by atoms with Gasteiger partial charge in [0.05, 0.1) is 6.04 Å². The van der Waals surface area contributed by atoms with Crippen molar-refractivity contribution in [3.05, 3.63) is 36.0 Å². The van der Waals surface area contributed by atoms with Gasteiger partial charge in [-0.3, -0.25) is 4.98 Å². The van der Waals surface area contributed by atoms with Gasteiger partial charge < -0.3 is 15.5 Å². The molecule has 84 valence electrons. The summed E-state index contributed by atoms with van der Waals surface area (Å²) in [7, 11) is 0. The normalized spacial score (nSPS) is 12.4. The van der Waals surface area contributed by atoms with Crippen molar-refractivity contribution in [3.63, 3.8) is 0 Å². The van der Waals surface area contributed by atoms with Crippen LogP contribution in [0.1, 0.15) is 24.4 Å². The van der Waals surface area contributed by atoms with Crippen LogP contribution in [0.2, 0.25) is 0 Å². The SMILES string of the molecule is CC(N)c1nnc(NCc2ccncc2)o1. The van der Waals surface area contributed by atoms with Crippen LogP contribution in [-0.4, -0.2) is 15.2 Å². The molecule has 0 amide bonds. The molecule has 2 aromatic rings. The number of pyridine rings is 1. The van der Waals surface area contributed by atoms with Crippen molar-refractivity contribution in [1.82, 2.24) is 15.2 Å². The van der Waals surface area contributed by atoms with Gasteiger partial charge in [-0.15, -0.1) is 5.10 Å². The van der Waals surface area contributed by atoms with E-state index < -0.39 is 0 Å². The summed E-state index contributed by atoms with van der Waals surface area (Å²) >= 11 is 0. The van der Waals surface area contributed by atoms with Crippen molar-refractivity contribution >= 4 is 6.01 Å². The minimum Gasteiger partial charge on any atom is -0.406 e. The van der Waals surface area contributed by atoms with Crippen LogP contribution >= 0.6 is 0 Å². The molecule has 0 bridgehead atoms. The van der Waals surface area contributed by atoms with E-state index in [1.807, 2.05) is 12.1 Å². The molecule has 0 spiro atoms. The van der Waals surface area contributed by atoms with Gasteiger partial charge >= 0.3 is 6.01 Å². The molecule has 0 aromatic carbocycles. The molecule has 6 heteroatoms. The smallest absolute Gasteiger partial charge is 0.315 e. The Morgan fingerprint density at radius 1 is 1.38 bits per heavy atom. The molecule has 0 saturated carbocycles. The molecule has 3 N–H and O–H groups in total. The summed E-state index contributed by atoms with van der Waals surface area (Å²) in [4.78, 5) is 3.93. The number of hydrogen-bond donors (Lipinski definition) is 2. The summed E-state index contributed by atoms with van der Waals surface area (Å²) in [5.41, 5.74) is 6.70. The number of nitrogens with zero attached hydrogens (tertiary/aromatic N) is 3. The van der Waals surface area contributed by atoms with Crippen molar-refractivity contribution in [1.29, 1.82) is 0 Å². The van der Waals surface area contributed by atoms with Crippen LogP contribution in [0.4, 0.5) is 6.01 Å². The number of hydrogen-bond acceptors (Lipinski definition) is 6. The summed E-state index contributed by atoms with van der Waals surface area (Å²) in [5.74, 6) is 0.428. The Morgan fingerprint density at radius 2 is 2.12 bits per heavy atom. The predicted molar refractivity (Wildman–Crippen MR) is 58.5 cm³/mol. The van der Waals surface area contributed by atoms with E-state index >= 15 is 0 Å². The summed E-state index contributed by atoms with van der Waals surface area (Å²) in [6.45, 7) is 2.41. The van der Waals surface area contributed by atoms with Gasteiger partial charge in [-0.1, -0.05) is 5.10 Å². The summed E-state index contributed by atoms with van der Waals surface area (Å²) in [6.07, 6.45) is 3.47. The Balaban J connectivity index is 1.95. The number of aromatic nitrogens is 3. The molecule has 0 saturated heterocycles. The minimum absolute atomic E-state index is 0.246. The van der Waals surface area contributed by atoms with Gasteiger partial charge in [0.15, 0.2) is 0 Å². The summed E-state index contributed by atoms with van der Waals surface area (Å²) < 4.78 is 5.29. The van der Waals surface area contributed by atoms with E-state index in [1.54, 1.807) is 19.3 Å². The van der Waals surface area contributed by atoms with Crippen molar-refractivity contribution in [3.8, 4) is 0 Å². The molecule has 2 heterocycles. The maximum Gasteiger partial charge on any atom is 0.315 e. The van der Waals surface area contributed by atoms with Crippen LogP contribution in [0.15, 0.2) is 28.9 Å². The second-order valence-electron chi connectivity index (χ2n) is 3.44. The van der Waals surface area contributed by atoms with E-state index in [2.05, 4.69) is 20.5 Å². The molecule has 0 aliphatic carbocycles. The Bertz CT molecular complexity index is 439. The molecule has 0 fully saturated rings. The van der Waals surface area contributed by atoms with Gasteiger partial charge in [-0.25, -0.2) is 0 Å². The molecule has 6 nitrogen and oxygen atoms in total. The fourth-order valence-electron chi connectivity index (χ4n) is 1.17. The van der Waals surface area contributed by atoms with Crippen LogP contribution < -0.4 is 11.1 Å². The zero-order chi connectivity index (χ0) is 11.4.